The predicted octanol–water partition coefficient (Wildman–Crippen LogP) is 4.10. The number of rotatable bonds is 20. The van der Waals surface area contributed by atoms with Gasteiger partial charge in [0.1, 0.15) is 6.54 Å². The zero-order valence-electron chi connectivity index (χ0n) is 20.5. The van der Waals surface area contributed by atoms with Crippen molar-refractivity contribution in [3.05, 3.63) is 12.2 Å². The fraction of sp³-hybridized carbons (Fsp3) is 0.840. The number of hydrogen-bond donors (Lipinski definition) is 1. The number of carboxylic acids is 1. The highest BCUT2D eigenvalue weighted by Crippen LogP contribution is 2.17. The minimum absolute atomic E-state index is 0.0422. The molecule has 31 heavy (non-hydrogen) atoms. The summed E-state index contributed by atoms with van der Waals surface area (Å²) in [7, 11) is 5.33. The Bertz CT molecular complexity index is 513. The van der Waals surface area contributed by atoms with E-state index in [9.17, 15) is 19.8 Å². The molecule has 6 nitrogen and oxygen atoms in total. The highest BCUT2D eigenvalue weighted by molar-refractivity contribution is 5.82. The van der Waals surface area contributed by atoms with E-state index in [-0.39, 0.29) is 11.0 Å². The van der Waals surface area contributed by atoms with E-state index in [2.05, 4.69) is 6.92 Å². The average Bonchev–Trinajstić information content (AvgIpc) is 2.62. The van der Waals surface area contributed by atoms with E-state index >= 15 is 0 Å². The van der Waals surface area contributed by atoms with Gasteiger partial charge in [-0.25, -0.2) is 4.79 Å². The first-order chi connectivity index (χ1) is 14.6. The van der Waals surface area contributed by atoms with Crippen molar-refractivity contribution < 1.29 is 29.0 Å². The molecule has 1 N–H and O–H groups in total. The van der Waals surface area contributed by atoms with Crippen molar-refractivity contribution in [2.75, 3.05) is 27.7 Å². The number of carbonyl (C=O) groups is 2. The molecule has 1 unspecified atom stereocenters. The van der Waals surface area contributed by atoms with Crippen molar-refractivity contribution in [2.45, 2.75) is 109 Å². The van der Waals surface area contributed by atoms with E-state index in [0.717, 1.165) is 19.3 Å². The van der Waals surface area contributed by atoms with E-state index in [1.54, 1.807) is 27.2 Å². The molecule has 6 heteroatoms. The Morgan fingerprint density at radius 2 is 1.32 bits per heavy atom. The second kappa shape index (κ2) is 17.2. The summed E-state index contributed by atoms with van der Waals surface area (Å²) in [6.07, 6.45) is 19.8. The van der Waals surface area contributed by atoms with Gasteiger partial charge in [-0.1, -0.05) is 90.0 Å². The summed E-state index contributed by atoms with van der Waals surface area (Å²) in [5, 5.41) is 21.3. The molecule has 0 aromatic carbocycles. The van der Waals surface area contributed by atoms with Crippen molar-refractivity contribution in [1.82, 2.24) is 0 Å². The van der Waals surface area contributed by atoms with Crippen LogP contribution in [0.4, 0.5) is 0 Å². The maximum atomic E-state index is 12.0. The molecule has 0 spiro atoms. The van der Waals surface area contributed by atoms with Crippen LogP contribution in [0.3, 0.4) is 0 Å². The van der Waals surface area contributed by atoms with Crippen LogP contribution in [0.5, 0.6) is 0 Å². The smallest absolute Gasteiger partial charge is 0.333 e. The van der Waals surface area contributed by atoms with Crippen LogP contribution in [0.1, 0.15) is 103 Å². The molecule has 0 bridgehead atoms. The third-order valence-electron chi connectivity index (χ3n) is 5.16. The van der Waals surface area contributed by atoms with Gasteiger partial charge in [-0.3, -0.25) is 0 Å². The molecule has 0 aliphatic carbocycles. The summed E-state index contributed by atoms with van der Waals surface area (Å²) in [6, 6.07) is 0. The van der Waals surface area contributed by atoms with Gasteiger partial charge in [0.25, 0.3) is 5.79 Å². The summed E-state index contributed by atoms with van der Waals surface area (Å²) in [6.45, 7) is 2.21. The summed E-state index contributed by atoms with van der Waals surface area (Å²) in [4.78, 5) is 22.9. The second-order valence-corrected chi connectivity index (χ2v) is 9.80. The van der Waals surface area contributed by atoms with Crippen LogP contribution in [-0.4, -0.2) is 55.0 Å². The summed E-state index contributed by atoms with van der Waals surface area (Å²) < 4.78 is 5.29. The van der Waals surface area contributed by atoms with Gasteiger partial charge in [0.05, 0.1) is 27.6 Å². The average molecular weight is 442 g/mol. The number of esters is 1. The first kappa shape index (κ1) is 29.6. The van der Waals surface area contributed by atoms with Crippen molar-refractivity contribution in [1.29, 1.82) is 0 Å². The van der Waals surface area contributed by atoms with Gasteiger partial charge in [-0.2, -0.15) is 0 Å². The normalized spacial score (nSPS) is 14.0. The molecular weight excluding hydrogens is 394 g/mol. The molecular formula is C25H47NO5. The van der Waals surface area contributed by atoms with Gasteiger partial charge < -0.3 is 24.2 Å². The summed E-state index contributed by atoms with van der Waals surface area (Å²) >= 11 is 0. The number of aliphatic hydroxyl groups is 1. The predicted molar refractivity (Wildman–Crippen MR) is 123 cm³/mol. The zero-order valence-corrected chi connectivity index (χ0v) is 20.5. The lowest BCUT2D eigenvalue weighted by atomic mass is 10.0. The molecule has 1 atom stereocenters. The minimum atomic E-state index is -2.08. The first-order valence-electron chi connectivity index (χ1n) is 12.2. The van der Waals surface area contributed by atoms with Crippen molar-refractivity contribution in [2.24, 2.45) is 0 Å². The lowest BCUT2D eigenvalue weighted by molar-refractivity contribution is -0.880. The molecule has 0 heterocycles. The van der Waals surface area contributed by atoms with E-state index in [1.165, 1.54) is 76.7 Å². The number of aliphatic carboxylic acids is 1. The number of likely N-dealkylation sites (N-methyl/N-ethyl adjacent to an activating group) is 1. The fourth-order valence-electron chi connectivity index (χ4n) is 3.77. The monoisotopic (exact) mass is 441 g/mol. The molecule has 0 aliphatic heterocycles. The van der Waals surface area contributed by atoms with E-state index in [0.29, 0.717) is 0 Å². The highest BCUT2D eigenvalue weighted by Gasteiger charge is 2.37. The van der Waals surface area contributed by atoms with E-state index in [4.69, 9.17) is 4.74 Å². The van der Waals surface area contributed by atoms with Gasteiger partial charge >= 0.3 is 5.97 Å². The Morgan fingerprint density at radius 1 is 0.871 bits per heavy atom. The van der Waals surface area contributed by atoms with Gasteiger partial charge in [-0.05, 0) is 12.8 Å². The molecule has 0 rings (SSSR count). The van der Waals surface area contributed by atoms with Crippen LogP contribution in [0, 0.1) is 0 Å². The number of hydrogen-bond acceptors (Lipinski definition) is 5. The standard InChI is InChI=1S/C25H47NO5/c1-5-6-7-8-9-10-11-12-13-14-15-16-17-18-19-20-24(29)31-25(30,21-23(27)28)22-26(2,3)4/h19-20,30H,5-18,21-22H2,1-4H3. The van der Waals surface area contributed by atoms with Gasteiger partial charge in [0, 0.05) is 12.0 Å². The van der Waals surface area contributed by atoms with Crippen LogP contribution in [0.25, 0.3) is 0 Å². The number of unbranched alkanes of at least 4 members (excludes halogenated alkanes) is 13. The number of carbonyl (C=O) groups excluding carboxylic acids is 2. The quantitative estimate of drug-likeness (QED) is 0.101. The maximum Gasteiger partial charge on any atom is 0.333 e. The largest absolute Gasteiger partial charge is 0.550 e. The fourth-order valence-corrected chi connectivity index (χ4v) is 3.77. The Hall–Kier alpha value is -1.40. The highest BCUT2D eigenvalue weighted by atomic mass is 16.7. The first-order valence-corrected chi connectivity index (χ1v) is 12.2. The SMILES string of the molecule is CCCCCCCCCCCCCCCC=CC(=O)OC(O)(CC(=O)[O-])C[N+](C)(C)C. The van der Waals surface area contributed by atoms with Gasteiger partial charge in [0.2, 0.25) is 0 Å². The molecule has 0 saturated heterocycles. The van der Waals surface area contributed by atoms with Crippen molar-refractivity contribution in [3.8, 4) is 0 Å². The van der Waals surface area contributed by atoms with Crippen LogP contribution >= 0.6 is 0 Å². The Labute approximate surface area is 190 Å². The molecule has 0 aromatic rings. The summed E-state index contributed by atoms with van der Waals surface area (Å²) in [5.74, 6) is -4.26. The van der Waals surface area contributed by atoms with Crippen molar-refractivity contribution in [3.63, 3.8) is 0 Å². The topological polar surface area (TPSA) is 86.7 Å². The number of ether oxygens (including phenoxy) is 1. The third kappa shape index (κ3) is 20.3. The number of carboxylic acid groups (broad SMARTS) is 1. The molecule has 0 saturated carbocycles. The van der Waals surface area contributed by atoms with E-state index in [1.807, 2.05) is 0 Å². The van der Waals surface area contributed by atoms with Gasteiger partial charge in [-0.15, -0.1) is 0 Å². The lowest BCUT2D eigenvalue weighted by Gasteiger charge is -2.34. The second-order valence-electron chi connectivity index (χ2n) is 9.80. The molecule has 0 amide bonds. The molecule has 0 fully saturated rings. The van der Waals surface area contributed by atoms with Crippen LogP contribution in [0.15, 0.2) is 12.2 Å². The van der Waals surface area contributed by atoms with Crippen molar-refractivity contribution >= 4 is 11.9 Å². The van der Waals surface area contributed by atoms with Crippen LogP contribution in [0.2, 0.25) is 0 Å². The zero-order chi connectivity index (χ0) is 23.6. The summed E-state index contributed by atoms with van der Waals surface area (Å²) in [5.41, 5.74) is 0. The Morgan fingerprint density at radius 3 is 1.74 bits per heavy atom. The number of allylic oxidation sites excluding steroid dienone is 1. The minimum Gasteiger partial charge on any atom is -0.550 e. The third-order valence-corrected chi connectivity index (χ3v) is 5.16. The van der Waals surface area contributed by atoms with Crippen LogP contribution in [-0.2, 0) is 14.3 Å². The molecule has 182 valence electrons. The Balaban J connectivity index is 3.83. The Kier molecular flexibility index (Phi) is 16.4. The number of nitrogens with zero attached hydrogens (tertiary/aromatic N) is 1. The molecule has 0 aliphatic rings. The van der Waals surface area contributed by atoms with Gasteiger partial charge in [0.15, 0.2) is 0 Å². The maximum absolute atomic E-state index is 12.0. The molecule has 0 aromatic heterocycles. The lowest BCUT2D eigenvalue weighted by Crippen LogP contribution is -2.53. The number of quaternary nitrogens is 1. The van der Waals surface area contributed by atoms with Crippen LogP contribution < -0.4 is 5.11 Å². The van der Waals surface area contributed by atoms with E-state index < -0.39 is 24.1 Å². The molecule has 0 radical (unpaired) electrons.